The number of unbranched alkanes of at least 4 members (excludes halogenated alkanes) is 1. The van der Waals surface area contributed by atoms with Crippen LogP contribution in [0.5, 0.6) is 0 Å². The predicted octanol–water partition coefficient (Wildman–Crippen LogP) is -0.451. The second kappa shape index (κ2) is 16.0. The van der Waals surface area contributed by atoms with E-state index in [0.717, 1.165) is 0 Å². The van der Waals surface area contributed by atoms with Crippen molar-refractivity contribution < 1.29 is 34.2 Å². The molecule has 3 amide bonds. The van der Waals surface area contributed by atoms with Gasteiger partial charge in [0.05, 0.1) is 6.04 Å². The molecule has 0 aromatic heterocycles. The zero-order valence-corrected chi connectivity index (χ0v) is 20.5. The van der Waals surface area contributed by atoms with Crippen LogP contribution in [-0.2, 0) is 24.0 Å². The van der Waals surface area contributed by atoms with Crippen molar-refractivity contribution in [3.8, 4) is 0 Å². The summed E-state index contributed by atoms with van der Waals surface area (Å²) in [6, 6.07) is -4.26. The Hall–Kier alpha value is -2.73. The molecule has 0 aromatic rings. The minimum Gasteiger partial charge on any atom is -0.481 e. The lowest BCUT2D eigenvalue weighted by atomic mass is 10.00. The molecule has 9 N–H and O–H groups in total. The summed E-state index contributed by atoms with van der Waals surface area (Å²) < 4.78 is 0. The van der Waals surface area contributed by atoms with Gasteiger partial charge in [0.15, 0.2) is 0 Å². The van der Waals surface area contributed by atoms with Crippen molar-refractivity contribution in [2.24, 2.45) is 23.3 Å². The fraction of sp³-hybridized carbons (Fsp3) is 0.773. The number of carbonyl (C=O) groups is 5. The third-order valence-corrected chi connectivity index (χ3v) is 5.15. The van der Waals surface area contributed by atoms with E-state index in [1.54, 1.807) is 13.8 Å². The molecule has 0 aliphatic rings. The fourth-order valence-corrected chi connectivity index (χ4v) is 3.19. The summed E-state index contributed by atoms with van der Waals surface area (Å²) in [6.45, 7) is 7.45. The van der Waals surface area contributed by atoms with Gasteiger partial charge in [-0.25, -0.2) is 4.79 Å². The number of carboxylic acid groups (broad SMARTS) is 2. The van der Waals surface area contributed by atoms with E-state index in [1.807, 2.05) is 13.8 Å². The summed E-state index contributed by atoms with van der Waals surface area (Å²) in [5, 5.41) is 25.8. The van der Waals surface area contributed by atoms with Gasteiger partial charge in [0.2, 0.25) is 17.7 Å². The Morgan fingerprint density at radius 3 is 1.85 bits per heavy atom. The van der Waals surface area contributed by atoms with Gasteiger partial charge in [-0.3, -0.25) is 19.2 Å². The van der Waals surface area contributed by atoms with Gasteiger partial charge in [0.1, 0.15) is 18.1 Å². The average molecular weight is 488 g/mol. The van der Waals surface area contributed by atoms with Crippen LogP contribution >= 0.6 is 0 Å². The van der Waals surface area contributed by atoms with Crippen LogP contribution in [0.15, 0.2) is 0 Å². The maximum absolute atomic E-state index is 13.0. The quantitative estimate of drug-likeness (QED) is 0.132. The third kappa shape index (κ3) is 12.5. The Morgan fingerprint density at radius 2 is 1.38 bits per heavy atom. The van der Waals surface area contributed by atoms with Crippen molar-refractivity contribution in [3.05, 3.63) is 0 Å². The van der Waals surface area contributed by atoms with Crippen LogP contribution < -0.4 is 27.4 Å². The highest BCUT2D eigenvalue weighted by Gasteiger charge is 2.31. The highest BCUT2D eigenvalue weighted by atomic mass is 16.4. The van der Waals surface area contributed by atoms with Gasteiger partial charge in [0.25, 0.3) is 0 Å². The van der Waals surface area contributed by atoms with Gasteiger partial charge in [-0.15, -0.1) is 0 Å². The standard InChI is InChI=1S/C22H41N5O7/c1-12(2)11-16(22(33)34)26-20(31)15(7-5-6-10-23)25-21(32)18(13(3)4)27-19(30)14(24)8-9-17(28)29/h12-16,18H,5-11,23-24H2,1-4H3,(H,25,32)(H,26,31)(H,27,30)(H,28,29)(H,33,34). The van der Waals surface area contributed by atoms with Gasteiger partial charge in [-0.2, -0.15) is 0 Å². The molecular weight excluding hydrogens is 446 g/mol. The van der Waals surface area contributed by atoms with Gasteiger partial charge < -0.3 is 37.6 Å². The topological polar surface area (TPSA) is 214 Å². The number of carbonyl (C=O) groups excluding carboxylic acids is 3. The number of hydrogen-bond donors (Lipinski definition) is 7. The zero-order valence-electron chi connectivity index (χ0n) is 20.5. The van der Waals surface area contributed by atoms with Crippen LogP contribution in [0.25, 0.3) is 0 Å². The number of amides is 3. The molecule has 34 heavy (non-hydrogen) atoms. The van der Waals surface area contributed by atoms with Crippen LogP contribution in [0.4, 0.5) is 0 Å². The Bertz CT molecular complexity index is 699. The highest BCUT2D eigenvalue weighted by Crippen LogP contribution is 2.09. The molecule has 0 rings (SSSR count). The average Bonchev–Trinajstić information content (AvgIpc) is 2.73. The highest BCUT2D eigenvalue weighted by molar-refractivity contribution is 5.94. The molecule has 0 bridgehead atoms. The molecule has 0 radical (unpaired) electrons. The Balaban J connectivity index is 5.41. The SMILES string of the molecule is CC(C)CC(NC(=O)C(CCCCN)NC(=O)C(NC(=O)C(N)CCC(=O)O)C(C)C)C(=O)O. The first-order valence-corrected chi connectivity index (χ1v) is 11.6. The van der Waals surface area contributed by atoms with Crippen molar-refractivity contribution in [3.63, 3.8) is 0 Å². The van der Waals surface area contributed by atoms with Crippen LogP contribution in [-0.4, -0.2) is 70.6 Å². The number of nitrogens with two attached hydrogens (primary N) is 2. The van der Waals surface area contributed by atoms with E-state index in [-0.39, 0.29) is 37.5 Å². The minimum absolute atomic E-state index is 0.0255. The van der Waals surface area contributed by atoms with Crippen molar-refractivity contribution in [2.75, 3.05) is 6.54 Å². The molecule has 0 heterocycles. The summed E-state index contributed by atoms with van der Waals surface area (Å²) in [5.74, 6) is -4.54. The van der Waals surface area contributed by atoms with E-state index in [0.29, 0.717) is 19.4 Å². The number of carboxylic acids is 2. The molecule has 196 valence electrons. The van der Waals surface area contributed by atoms with Crippen LogP contribution in [0.3, 0.4) is 0 Å². The first-order chi connectivity index (χ1) is 15.8. The summed E-state index contributed by atoms with van der Waals surface area (Å²) >= 11 is 0. The number of aliphatic carboxylic acids is 2. The molecule has 0 spiro atoms. The van der Waals surface area contributed by atoms with Crippen LogP contribution in [0, 0.1) is 11.8 Å². The van der Waals surface area contributed by atoms with E-state index in [1.165, 1.54) is 0 Å². The molecule has 0 aromatic carbocycles. The number of nitrogens with one attached hydrogen (secondary N) is 3. The first-order valence-electron chi connectivity index (χ1n) is 11.6. The molecule has 0 aliphatic heterocycles. The Labute approximate surface area is 200 Å². The van der Waals surface area contributed by atoms with Gasteiger partial charge in [0, 0.05) is 6.42 Å². The molecule has 12 nitrogen and oxygen atoms in total. The monoisotopic (exact) mass is 487 g/mol. The molecule has 0 fully saturated rings. The molecule has 4 unspecified atom stereocenters. The summed E-state index contributed by atoms with van der Waals surface area (Å²) in [7, 11) is 0. The van der Waals surface area contributed by atoms with Crippen molar-refractivity contribution in [1.29, 1.82) is 0 Å². The van der Waals surface area contributed by atoms with Crippen molar-refractivity contribution >= 4 is 29.7 Å². The largest absolute Gasteiger partial charge is 0.481 e. The van der Waals surface area contributed by atoms with Crippen LogP contribution in [0.2, 0.25) is 0 Å². The van der Waals surface area contributed by atoms with Gasteiger partial charge >= 0.3 is 11.9 Å². The van der Waals surface area contributed by atoms with Crippen molar-refractivity contribution in [1.82, 2.24) is 16.0 Å². The molecule has 4 atom stereocenters. The molecule has 0 aliphatic carbocycles. The van der Waals surface area contributed by atoms with E-state index in [2.05, 4.69) is 16.0 Å². The minimum atomic E-state index is -1.17. The predicted molar refractivity (Wildman–Crippen MR) is 125 cm³/mol. The lowest BCUT2D eigenvalue weighted by Gasteiger charge is -2.27. The summed E-state index contributed by atoms with van der Waals surface area (Å²) in [6.07, 6.45) is 1.21. The molecule has 0 saturated heterocycles. The number of hydrogen-bond acceptors (Lipinski definition) is 7. The maximum atomic E-state index is 13.0. The molecule has 0 saturated carbocycles. The molecular formula is C22H41N5O7. The maximum Gasteiger partial charge on any atom is 0.326 e. The van der Waals surface area contributed by atoms with Crippen LogP contribution in [0.1, 0.15) is 66.2 Å². The molecule has 12 heteroatoms. The summed E-state index contributed by atoms with van der Waals surface area (Å²) in [5.41, 5.74) is 11.2. The number of rotatable bonds is 17. The van der Waals surface area contributed by atoms with Gasteiger partial charge in [-0.05, 0) is 50.5 Å². The smallest absolute Gasteiger partial charge is 0.326 e. The Morgan fingerprint density at radius 1 is 0.794 bits per heavy atom. The first kappa shape index (κ1) is 31.3. The Kier molecular flexibility index (Phi) is 14.7. The second-order valence-electron chi connectivity index (χ2n) is 9.14. The summed E-state index contributed by atoms with van der Waals surface area (Å²) in [4.78, 5) is 60.4. The zero-order chi connectivity index (χ0) is 26.4. The van der Waals surface area contributed by atoms with E-state index >= 15 is 0 Å². The third-order valence-electron chi connectivity index (χ3n) is 5.15. The van der Waals surface area contributed by atoms with E-state index in [9.17, 15) is 29.1 Å². The second-order valence-corrected chi connectivity index (χ2v) is 9.14. The van der Waals surface area contributed by atoms with Gasteiger partial charge in [-0.1, -0.05) is 27.7 Å². The normalized spacial score (nSPS) is 14.7. The van der Waals surface area contributed by atoms with E-state index in [4.69, 9.17) is 16.6 Å². The lowest BCUT2D eigenvalue weighted by molar-refractivity contribution is -0.143. The van der Waals surface area contributed by atoms with Crippen molar-refractivity contribution in [2.45, 2.75) is 90.4 Å². The fourth-order valence-electron chi connectivity index (χ4n) is 3.19. The lowest BCUT2D eigenvalue weighted by Crippen LogP contribution is -2.58. The van der Waals surface area contributed by atoms with E-state index < -0.39 is 53.8 Å².